The Hall–Kier alpha value is -3.00. The van der Waals surface area contributed by atoms with Crippen molar-refractivity contribution >= 4 is 22.9 Å². The van der Waals surface area contributed by atoms with E-state index < -0.39 is 0 Å². The Balaban J connectivity index is 1.58. The number of hydrogen-bond acceptors (Lipinski definition) is 5. The van der Waals surface area contributed by atoms with Crippen molar-refractivity contribution < 1.29 is 9.90 Å². The third-order valence-electron chi connectivity index (χ3n) is 4.84. The van der Waals surface area contributed by atoms with Crippen molar-refractivity contribution in [1.82, 2.24) is 25.1 Å². The molecule has 0 aromatic carbocycles. The van der Waals surface area contributed by atoms with Crippen LogP contribution in [0.1, 0.15) is 31.4 Å². The first kappa shape index (κ1) is 17.4. The number of nitrogens with one attached hydrogen (secondary N) is 2. The first-order chi connectivity index (χ1) is 13.1. The lowest BCUT2D eigenvalue weighted by Crippen LogP contribution is -2.36. The molecule has 4 rings (SSSR count). The van der Waals surface area contributed by atoms with E-state index in [0.29, 0.717) is 17.0 Å². The molecule has 0 radical (unpaired) electrons. The number of anilines is 1. The SMILES string of the molecule is Cn1cc(-c2cnc3ccc(NC(=O)NC4CCCC4)nc3c2)c(CO)n1. The highest BCUT2D eigenvalue weighted by atomic mass is 16.3. The fourth-order valence-electron chi connectivity index (χ4n) is 3.52. The minimum absolute atomic E-state index is 0.148. The van der Waals surface area contributed by atoms with E-state index in [1.165, 1.54) is 0 Å². The second-order valence-corrected chi connectivity index (χ2v) is 6.86. The number of amides is 2. The number of pyridine rings is 2. The molecule has 3 aromatic heterocycles. The van der Waals surface area contributed by atoms with E-state index in [0.717, 1.165) is 42.3 Å². The van der Waals surface area contributed by atoms with E-state index in [1.54, 1.807) is 24.0 Å². The maximum atomic E-state index is 12.2. The molecule has 0 saturated heterocycles. The fraction of sp³-hybridized carbons (Fsp3) is 0.368. The summed E-state index contributed by atoms with van der Waals surface area (Å²) >= 11 is 0. The van der Waals surface area contributed by atoms with Gasteiger partial charge in [0.1, 0.15) is 5.82 Å². The Bertz CT molecular complexity index is 977. The molecule has 0 spiro atoms. The van der Waals surface area contributed by atoms with Gasteiger partial charge in [-0.15, -0.1) is 0 Å². The van der Waals surface area contributed by atoms with Gasteiger partial charge in [0.25, 0.3) is 0 Å². The van der Waals surface area contributed by atoms with Crippen LogP contribution in [0.25, 0.3) is 22.2 Å². The van der Waals surface area contributed by atoms with Crippen LogP contribution < -0.4 is 10.6 Å². The first-order valence-electron chi connectivity index (χ1n) is 9.10. The molecule has 2 amide bonds. The van der Waals surface area contributed by atoms with Crippen LogP contribution >= 0.6 is 0 Å². The van der Waals surface area contributed by atoms with Crippen LogP contribution in [0.4, 0.5) is 10.6 Å². The van der Waals surface area contributed by atoms with E-state index >= 15 is 0 Å². The lowest BCUT2D eigenvalue weighted by molar-refractivity contribution is 0.248. The van der Waals surface area contributed by atoms with Gasteiger partial charge in [-0.3, -0.25) is 15.0 Å². The highest BCUT2D eigenvalue weighted by molar-refractivity contribution is 5.90. The summed E-state index contributed by atoms with van der Waals surface area (Å²) in [5.41, 5.74) is 3.62. The number of carbonyl (C=O) groups is 1. The Morgan fingerprint density at radius 2 is 2.11 bits per heavy atom. The summed E-state index contributed by atoms with van der Waals surface area (Å²) in [6, 6.07) is 5.48. The van der Waals surface area contributed by atoms with E-state index in [9.17, 15) is 9.90 Å². The number of aliphatic hydroxyl groups is 1. The number of rotatable bonds is 4. The van der Waals surface area contributed by atoms with Crippen molar-refractivity contribution in [1.29, 1.82) is 0 Å². The summed E-state index contributed by atoms with van der Waals surface area (Å²) in [4.78, 5) is 21.1. The Kier molecular flexibility index (Phi) is 4.72. The van der Waals surface area contributed by atoms with E-state index in [4.69, 9.17) is 0 Å². The quantitative estimate of drug-likeness (QED) is 0.658. The van der Waals surface area contributed by atoms with Gasteiger partial charge < -0.3 is 10.4 Å². The van der Waals surface area contributed by atoms with Gasteiger partial charge in [0.2, 0.25) is 0 Å². The van der Waals surface area contributed by atoms with Crippen LogP contribution in [0.3, 0.4) is 0 Å². The molecule has 1 saturated carbocycles. The summed E-state index contributed by atoms with van der Waals surface area (Å²) in [6.45, 7) is -0.148. The van der Waals surface area contributed by atoms with Crippen LogP contribution in [0.2, 0.25) is 0 Å². The lowest BCUT2D eigenvalue weighted by atomic mass is 10.1. The van der Waals surface area contributed by atoms with Gasteiger partial charge in [-0.05, 0) is 31.0 Å². The van der Waals surface area contributed by atoms with E-state index in [1.807, 2.05) is 18.3 Å². The number of aliphatic hydroxyl groups excluding tert-OH is 1. The van der Waals surface area contributed by atoms with Crippen LogP contribution in [-0.2, 0) is 13.7 Å². The normalized spacial score (nSPS) is 14.6. The molecule has 1 aliphatic rings. The van der Waals surface area contributed by atoms with Crippen molar-refractivity contribution in [3.8, 4) is 11.1 Å². The molecular formula is C19H22N6O2. The lowest BCUT2D eigenvalue weighted by Gasteiger charge is -2.12. The number of urea groups is 1. The summed E-state index contributed by atoms with van der Waals surface area (Å²) < 4.78 is 1.66. The highest BCUT2D eigenvalue weighted by Crippen LogP contribution is 2.25. The van der Waals surface area contributed by atoms with Crippen molar-refractivity contribution in [2.75, 3.05) is 5.32 Å². The molecule has 0 aliphatic heterocycles. The number of aromatic nitrogens is 4. The van der Waals surface area contributed by atoms with Gasteiger partial charge in [0.15, 0.2) is 0 Å². The number of aryl methyl sites for hydroxylation is 1. The molecule has 0 atom stereocenters. The monoisotopic (exact) mass is 366 g/mol. The zero-order chi connectivity index (χ0) is 18.8. The zero-order valence-corrected chi connectivity index (χ0v) is 15.1. The van der Waals surface area contributed by atoms with Gasteiger partial charge in [0, 0.05) is 36.6 Å². The third-order valence-corrected chi connectivity index (χ3v) is 4.84. The molecule has 0 unspecified atom stereocenters. The number of fused-ring (bicyclic) bond motifs is 1. The van der Waals surface area contributed by atoms with E-state index in [-0.39, 0.29) is 18.7 Å². The van der Waals surface area contributed by atoms with Gasteiger partial charge >= 0.3 is 6.03 Å². The Morgan fingerprint density at radius 1 is 1.30 bits per heavy atom. The summed E-state index contributed by atoms with van der Waals surface area (Å²) in [5, 5.41) is 19.5. The van der Waals surface area contributed by atoms with Crippen LogP contribution in [0.5, 0.6) is 0 Å². The molecule has 3 heterocycles. The van der Waals surface area contributed by atoms with Gasteiger partial charge in [-0.25, -0.2) is 9.78 Å². The standard InChI is InChI=1S/C19H22N6O2/c1-25-10-14(17(11-26)24-25)12-8-16-15(20-9-12)6-7-18(22-16)23-19(27)21-13-4-2-3-5-13/h6-10,13,26H,2-5,11H2,1H3,(H2,21,22,23,27). The molecular weight excluding hydrogens is 344 g/mol. The molecule has 8 heteroatoms. The summed E-state index contributed by atoms with van der Waals surface area (Å²) in [5.74, 6) is 0.477. The highest BCUT2D eigenvalue weighted by Gasteiger charge is 2.17. The molecule has 1 aliphatic carbocycles. The number of hydrogen-bond donors (Lipinski definition) is 3. The fourth-order valence-corrected chi connectivity index (χ4v) is 3.52. The molecule has 140 valence electrons. The second kappa shape index (κ2) is 7.32. The van der Waals surface area contributed by atoms with Crippen LogP contribution in [0, 0.1) is 0 Å². The van der Waals surface area contributed by atoms with E-state index in [2.05, 4.69) is 25.7 Å². The van der Waals surface area contributed by atoms with Gasteiger partial charge in [-0.1, -0.05) is 12.8 Å². The van der Waals surface area contributed by atoms with Gasteiger partial charge in [-0.2, -0.15) is 5.10 Å². The number of carbonyl (C=O) groups excluding carboxylic acids is 1. The predicted octanol–water partition coefficient (Wildman–Crippen LogP) is 2.59. The largest absolute Gasteiger partial charge is 0.390 e. The molecule has 1 fully saturated rings. The zero-order valence-electron chi connectivity index (χ0n) is 15.1. The number of nitrogens with zero attached hydrogens (tertiary/aromatic N) is 4. The molecule has 8 nitrogen and oxygen atoms in total. The average molecular weight is 366 g/mol. The maximum absolute atomic E-state index is 12.2. The Morgan fingerprint density at radius 3 is 2.89 bits per heavy atom. The summed E-state index contributed by atoms with van der Waals surface area (Å²) in [7, 11) is 1.81. The van der Waals surface area contributed by atoms with Crippen LogP contribution in [0.15, 0.2) is 30.6 Å². The van der Waals surface area contributed by atoms with Crippen LogP contribution in [-0.4, -0.2) is 36.9 Å². The van der Waals surface area contributed by atoms with Crippen molar-refractivity contribution in [3.63, 3.8) is 0 Å². The minimum atomic E-state index is -0.229. The first-order valence-corrected chi connectivity index (χ1v) is 9.10. The second-order valence-electron chi connectivity index (χ2n) is 6.86. The molecule has 3 N–H and O–H groups in total. The third kappa shape index (κ3) is 3.75. The topological polar surface area (TPSA) is 105 Å². The van der Waals surface area contributed by atoms with Crippen molar-refractivity contribution in [2.45, 2.75) is 38.3 Å². The molecule has 27 heavy (non-hydrogen) atoms. The van der Waals surface area contributed by atoms with Crippen molar-refractivity contribution in [2.24, 2.45) is 7.05 Å². The molecule has 0 bridgehead atoms. The Labute approximate surface area is 156 Å². The minimum Gasteiger partial charge on any atom is -0.390 e. The van der Waals surface area contributed by atoms with Gasteiger partial charge in [0.05, 0.1) is 23.3 Å². The predicted molar refractivity (Wildman–Crippen MR) is 102 cm³/mol. The molecule has 3 aromatic rings. The summed E-state index contributed by atoms with van der Waals surface area (Å²) in [6.07, 6.45) is 7.97. The van der Waals surface area contributed by atoms with Crippen molar-refractivity contribution in [3.05, 3.63) is 36.3 Å². The smallest absolute Gasteiger partial charge is 0.320 e. The average Bonchev–Trinajstić information content (AvgIpc) is 3.30. The maximum Gasteiger partial charge on any atom is 0.320 e.